The van der Waals surface area contributed by atoms with Crippen LogP contribution in [0.1, 0.15) is 38.3 Å². The molecule has 0 aliphatic carbocycles. The second-order valence-electron chi connectivity index (χ2n) is 7.44. The molecule has 1 saturated heterocycles. The van der Waals surface area contributed by atoms with E-state index in [9.17, 15) is 9.59 Å². The maximum Gasteiger partial charge on any atom is 0.255 e. The Balaban J connectivity index is 0.00000320. The molecule has 0 spiro atoms. The Kier molecular flexibility index (Phi) is 9.30. The highest BCUT2D eigenvalue weighted by atomic mass is 35.5. The Labute approximate surface area is 184 Å². The summed E-state index contributed by atoms with van der Waals surface area (Å²) in [4.78, 5) is 25.0. The minimum Gasteiger partial charge on any atom is -0.383 e. The largest absolute Gasteiger partial charge is 0.383 e. The molecule has 1 heterocycles. The van der Waals surface area contributed by atoms with Gasteiger partial charge in [-0.05, 0) is 74.2 Å². The molecule has 2 aromatic rings. The quantitative estimate of drug-likeness (QED) is 0.561. The van der Waals surface area contributed by atoms with Crippen molar-refractivity contribution >= 4 is 29.9 Å². The summed E-state index contributed by atoms with van der Waals surface area (Å²) in [6.07, 6.45) is 2.24. The number of carbonyl (C=O) groups excluding carboxylic acids is 2. The third-order valence-electron chi connectivity index (χ3n) is 5.32. The normalized spacial score (nSPS) is 15.3. The van der Waals surface area contributed by atoms with Gasteiger partial charge in [-0.2, -0.15) is 0 Å². The van der Waals surface area contributed by atoms with Crippen LogP contribution in [0.5, 0.6) is 0 Å². The summed E-state index contributed by atoms with van der Waals surface area (Å²) >= 11 is 0. The van der Waals surface area contributed by atoms with Crippen LogP contribution >= 0.6 is 12.4 Å². The summed E-state index contributed by atoms with van der Waals surface area (Å²) < 4.78 is 4.95. The first kappa shape index (κ1) is 23.9. The summed E-state index contributed by atoms with van der Waals surface area (Å²) in [6.45, 7) is 4.88. The van der Waals surface area contributed by atoms with Crippen molar-refractivity contribution in [1.82, 2.24) is 10.6 Å². The van der Waals surface area contributed by atoms with E-state index in [0.717, 1.165) is 25.1 Å². The molecule has 30 heavy (non-hydrogen) atoms. The molecule has 7 heteroatoms. The van der Waals surface area contributed by atoms with Gasteiger partial charge in [-0.1, -0.05) is 18.2 Å². The SMILES string of the molecule is COCCNC(=O)c1cccc(NC(=O)c2ccc(CC3CCNC3)cc2)c1C.Cl. The van der Waals surface area contributed by atoms with Crippen molar-refractivity contribution in [3.8, 4) is 0 Å². The van der Waals surface area contributed by atoms with Gasteiger partial charge in [0.05, 0.1) is 6.61 Å². The van der Waals surface area contributed by atoms with Crippen molar-refractivity contribution in [3.63, 3.8) is 0 Å². The predicted molar refractivity (Wildman–Crippen MR) is 122 cm³/mol. The molecular formula is C23H30ClN3O3. The topological polar surface area (TPSA) is 79.5 Å². The van der Waals surface area contributed by atoms with Crippen LogP contribution in [0.3, 0.4) is 0 Å². The van der Waals surface area contributed by atoms with E-state index in [1.54, 1.807) is 25.3 Å². The molecule has 0 aromatic heterocycles. The predicted octanol–water partition coefficient (Wildman–Crippen LogP) is 3.20. The molecule has 1 fully saturated rings. The number of nitrogens with one attached hydrogen (secondary N) is 3. The molecule has 1 aliphatic heterocycles. The fourth-order valence-corrected chi connectivity index (χ4v) is 3.59. The molecule has 0 radical (unpaired) electrons. The number of carbonyl (C=O) groups is 2. The summed E-state index contributed by atoms with van der Waals surface area (Å²) in [7, 11) is 1.59. The highest BCUT2D eigenvalue weighted by molar-refractivity contribution is 6.06. The second-order valence-corrected chi connectivity index (χ2v) is 7.44. The lowest BCUT2D eigenvalue weighted by atomic mass is 9.98. The molecule has 1 unspecified atom stereocenters. The number of ether oxygens (including phenoxy) is 1. The van der Waals surface area contributed by atoms with Crippen molar-refractivity contribution in [2.24, 2.45) is 5.92 Å². The average molecular weight is 432 g/mol. The molecule has 6 nitrogen and oxygen atoms in total. The fourth-order valence-electron chi connectivity index (χ4n) is 3.59. The van der Waals surface area contributed by atoms with Crippen LogP contribution in [0.4, 0.5) is 5.69 Å². The third-order valence-corrected chi connectivity index (χ3v) is 5.32. The van der Waals surface area contributed by atoms with E-state index in [1.807, 2.05) is 31.2 Å². The first-order valence-electron chi connectivity index (χ1n) is 10.1. The van der Waals surface area contributed by atoms with E-state index in [4.69, 9.17) is 4.74 Å². The van der Waals surface area contributed by atoms with Crippen LogP contribution in [0.15, 0.2) is 42.5 Å². The zero-order chi connectivity index (χ0) is 20.6. The van der Waals surface area contributed by atoms with Crippen LogP contribution in [-0.2, 0) is 11.2 Å². The van der Waals surface area contributed by atoms with E-state index in [2.05, 4.69) is 16.0 Å². The monoisotopic (exact) mass is 431 g/mol. The lowest BCUT2D eigenvalue weighted by Gasteiger charge is -2.13. The average Bonchev–Trinajstić information content (AvgIpc) is 3.23. The van der Waals surface area contributed by atoms with Crippen LogP contribution in [0, 0.1) is 12.8 Å². The Hall–Kier alpha value is -2.41. The van der Waals surface area contributed by atoms with Crippen LogP contribution < -0.4 is 16.0 Å². The maximum atomic E-state index is 12.7. The lowest BCUT2D eigenvalue weighted by Crippen LogP contribution is -2.27. The smallest absolute Gasteiger partial charge is 0.255 e. The Morgan fingerprint density at radius 2 is 1.90 bits per heavy atom. The molecule has 1 atom stereocenters. The zero-order valence-electron chi connectivity index (χ0n) is 17.5. The minimum atomic E-state index is -0.181. The first-order chi connectivity index (χ1) is 14.1. The van der Waals surface area contributed by atoms with E-state index < -0.39 is 0 Å². The second kappa shape index (κ2) is 11.7. The van der Waals surface area contributed by atoms with E-state index in [-0.39, 0.29) is 24.2 Å². The van der Waals surface area contributed by atoms with Crippen LogP contribution in [0.25, 0.3) is 0 Å². The van der Waals surface area contributed by atoms with Gasteiger partial charge in [0, 0.05) is 30.5 Å². The lowest BCUT2D eigenvalue weighted by molar-refractivity contribution is 0.0935. The molecule has 2 amide bonds. The van der Waals surface area contributed by atoms with Crippen molar-refractivity contribution in [3.05, 3.63) is 64.7 Å². The highest BCUT2D eigenvalue weighted by Crippen LogP contribution is 2.21. The van der Waals surface area contributed by atoms with Crippen molar-refractivity contribution in [2.45, 2.75) is 19.8 Å². The van der Waals surface area contributed by atoms with Crippen molar-refractivity contribution in [1.29, 1.82) is 0 Å². The fraction of sp³-hybridized carbons (Fsp3) is 0.391. The van der Waals surface area contributed by atoms with Gasteiger partial charge in [0.2, 0.25) is 0 Å². The van der Waals surface area contributed by atoms with Gasteiger partial charge in [-0.25, -0.2) is 0 Å². The highest BCUT2D eigenvalue weighted by Gasteiger charge is 2.16. The van der Waals surface area contributed by atoms with Gasteiger partial charge in [0.25, 0.3) is 11.8 Å². The molecule has 3 rings (SSSR count). The molecule has 0 bridgehead atoms. The number of amides is 2. The molecular weight excluding hydrogens is 402 g/mol. The Morgan fingerprint density at radius 1 is 1.13 bits per heavy atom. The zero-order valence-corrected chi connectivity index (χ0v) is 18.3. The van der Waals surface area contributed by atoms with Gasteiger partial charge in [0.15, 0.2) is 0 Å². The van der Waals surface area contributed by atoms with Crippen LogP contribution in [-0.4, -0.2) is 45.2 Å². The van der Waals surface area contributed by atoms with E-state index >= 15 is 0 Å². The van der Waals surface area contributed by atoms with E-state index in [1.165, 1.54) is 12.0 Å². The van der Waals surface area contributed by atoms with Gasteiger partial charge in [-0.15, -0.1) is 12.4 Å². The van der Waals surface area contributed by atoms with Gasteiger partial charge in [-0.3, -0.25) is 9.59 Å². The van der Waals surface area contributed by atoms with Gasteiger partial charge in [0.1, 0.15) is 0 Å². The number of halogens is 1. The summed E-state index contributed by atoms with van der Waals surface area (Å²) in [5.74, 6) is 0.315. The van der Waals surface area contributed by atoms with E-state index in [0.29, 0.717) is 35.9 Å². The van der Waals surface area contributed by atoms with Crippen LogP contribution in [0.2, 0.25) is 0 Å². The number of methoxy groups -OCH3 is 1. The Bertz CT molecular complexity index is 849. The minimum absolute atomic E-state index is 0. The summed E-state index contributed by atoms with van der Waals surface area (Å²) in [5.41, 5.74) is 3.77. The van der Waals surface area contributed by atoms with Gasteiger partial charge >= 0.3 is 0 Å². The Morgan fingerprint density at radius 3 is 2.57 bits per heavy atom. The molecule has 3 N–H and O–H groups in total. The number of hydrogen-bond acceptors (Lipinski definition) is 4. The molecule has 1 aliphatic rings. The van der Waals surface area contributed by atoms with Crippen molar-refractivity contribution in [2.75, 3.05) is 38.7 Å². The standard InChI is InChI=1S/C23H29N3O3.ClH/c1-16-20(23(28)25-12-13-29-2)4-3-5-21(16)26-22(27)19-8-6-17(7-9-19)14-18-10-11-24-15-18;/h3-9,18,24H,10-15H2,1-2H3,(H,25,28)(H,26,27);1H. The maximum absolute atomic E-state index is 12.7. The number of benzene rings is 2. The van der Waals surface area contributed by atoms with Crippen molar-refractivity contribution < 1.29 is 14.3 Å². The summed E-state index contributed by atoms with van der Waals surface area (Å²) in [5, 5.41) is 9.12. The first-order valence-corrected chi connectivity index (χ1v) is 10.1. The third kappa shape index (κ3) is 6.29. The molecule has 0 saturated carbocycles. The molecule has 162 valence electrons. The number of rotatable bonds is 8. The summed E-state index contributed by atoms with van der Waals surface area (Å²) in [6, 6.07) is 13.1. The van der Waals surface area contributed by atoms with Gasteiger partial charge < -0.3 is 20.7 Å². The number of anilines is 1. The number of hydrogen-bond donors (Lipinski definition) is 3. The molecule has 2 aromatic carbocycles.